The molecule has 1 fully saturated rings. The Labute approximate surface area is 200 Å². The Balaban J connectivity index is 1.47. The summed E-state index contributed by atoms with van der Waals surface area (Å²) in [6, 6.07) is 1.38. The van der Waals surface area contributed by atoms with Gasteiger partial charge >= 0.3 is 200 Å². The topological polar surface area (TPSA) is 92.0 Å². The summed E-state index contributed by atoms with van der Waals surface area (Å²) < 4.78 is 9.74. The van der Waals surface area contributed by atoms with E-state index in [1.807, 2.05) is 30.2 Å². The molecule has 0 saturated carbocycles. The van der Waals surface area contributed by atoms with Gasteiger partial charge in [-0.25, -0.2) is 0 Å². The second-order valence-corrected chi connectivity index (χ2v) is 10.5. The first-order valence-corrected chi connectivity index (χ1v) is 13.6. The Bertz CT molecular complexity index is 911. The van der Waals surface area contributed by atoms with Gasteiger partial charge in [-0.15, -0.1) is 0 Å². The van der Waals surface area contributed by atoms with Crippen molar-refractivity contribution in [3.63, 3.8) is 0 Å². The minimum atomic E-state index is -0.639. The molecule has 1 atom stereocenters. The number of carbonyl (C=O) groups excluding carboxylic acids is 2. The van der Waals surface area contributed by atoms with Crippen LogP contribution in [-0.2, 0) is 4.79 Å². The molecule has 3 aliphatic rings. The van der Waals surface area contributed by atoms with Crippen LogP contribution < -0.4 is 36.8 Å². The fourth-order valence-electron chi connectivity index (χ4n) is 4.10. The minimum absolute atomic E-state index is 0.0108. The molecule has 0 bridgehead atoms. The number of ether oxygens (including phenoxy) is 1. The van der Waals surface area contributed by atoms with Crippen LogP contribution >= 0.6 is 0 Å². The third kappa shape index (κ3) is 5.09. The quantitative estimate of drug-likeness (QED) is 0.396. The van der Waals surface area contributed by atoms with Gasteiger partial charge in [0.15, 0.2) is 0 Å². The van der Waals surface area contributed by atoms with Gasteiger partial charge in [0.25, 0.3) is 0 Å². The molecule has 1 unspecified atom stereocenters. The number of nitrogens with two attached hydrogens (primary N) is 1. The molecule has 32 heavy (non-hydrogen) atoms. The van der Waals surface area contributed by atoms with Crippen LogP contribution in [-0.4, -0.2) is 57.1 Å². The van der Waals surface area contributed by atoms with Crippen molar-refractivity contribution in [2.75, 3.05) is 31.1 Å². The van der Waals surface area contributed by atoms with E-state index in [0.29, 0.717) is 36.7 Å². The van der Waals surface area contributed by atoms with E-state index < -0.39 is 27.5 Å². The zero-order valence-corrected chi connectivity index (χ0v) is 20.7. The molecule has 9 heteroatoms. The van der Waals surface area contributed by atoms with E-state index >= 15 is 0 Å². The van der Waals surface area contributed by atoms with Crippen LogP contribution in [0.1, 0.15) is 55.8 Å². The predicted octanol–water partition coefficient (Wildman–Crippen LogP) is -0.375. The summed E-state index contributed by atoms with van der Waals surface area (Å²) in [6.07, 6.45) is 11.5. The Kier molecular flexibility index (Phi) is 7.67. The van der Waals surface area contributed by atoms with Gasteiger partial charge in [-0.1, -0.05) is 0 Å². The number of hydrogen-bond acceptors (Lipinski definition) is 6. The van der Waals surface area contributed by atoms with E-state index in [1.165, 1.54) is 12.8 Å². The van der Waals surface area contributed by atoms with Crippen molar-refractivity contribution in [3.05, 3.63) is 39.9 Å². The molecule has 8 nitrogen and oxygen atoms in total. The summed E-state index contributed by atoms with van der Waals surface area (Å²) in [5, 5.41) is 0. The zero-order valence-electron chi connectivity index (χ0n) is 18.5. The van der Waals surface area contributed by atoms with Crippen molar-refractivity contribution in [3.8, 4) is 5.75 Å². The number of aromatic nitrogens is 1. The summed E-state index contributed by atoms with van der Waals surface area (Å²) in [6.45, 7) is 4.83. The maximum atomic E-state index is 13.0. The maximum absolute atomic E-state index is 13.0. The third-order valence-electron chi connectivity index (χ3n) is 5.88. The fraction of sp³-hybridized carbons (Fsp3) is 0.522. The molecule has 2 N–H and O–H groups in total. The molecule has 2 amide bonds. The van der Waals surface area contributed by atoms with Crippen LogP contribution in [0, 0.1) is 0 Å². The second-order valence-electron chi connectivity index (χ2n) is 8.24. The number of pyridine rings is 1. The first-order chi connectivity index (χ1) is 15.6. The molecule has 0 aromatic carbocycles. The van der Waals surface area contributed by atoms with Crippen LogP contribution in [0.25, 0.3) is 0 Å². The molecule has 0 aliphatic carbocycles. The number of likely N-dealkylation sites (tertiary alicyclic amines) is 1. The number of hydrogen-bond donors (Lipinski definition) is 1. The Hall–Kier alpha value is -2.14. The molecule has 174 valence electrons. The van der Waals surface area contributed by atoms with Gasteiger partial charge < -0.3 is 0 Å². The molecular weight excluding hydrogens is 521 g/mol. The number of rotatable bonds is 5. The summed E-state index contributed by atoms with van der Waals surface area (Å²) in [5.41, 5.74) is 7.59. The molecule has 1 aromatic rings. The van der Waals surface area contributed by atoms with Crippen molar-refractivity contribution in [2.24, 2.45) is 5.73 Å². The predicted molar refractivity (Wildman–Crippen MR) is 118 cm³/mol. The first kappa shape index (κ1) is 23.0. The van der Waals surface area contributed by atoms with Crippen LogP contribution in [0.3, 0.4) is 0 Å². The van der Waals surface area contributed by atoms with Crippen molar-refractivity contribution in [2.45, 2.75) is 51.5 Å². The van der Waals surface area contributed by atoms with Gasteiger partial charge in [0, 0.05) is 0 Å². The number of anilines is 1. The average molecular weight is 552 g/mol. The van der Waals surface area contributed by atoms with Crippen LogP contribution in [0.15, 0.2) is 34.3 Å². The first-order valence-electron chi connectivity index (χ1n) is 11.4. The third-order valence-corrected chi connectivity index (χ3v) is 8.20. The average Bonchev–Trinajstić information content (AvgIpc) is 3.12. The SMILES string of the molecule is CCCC(N)C(=O)N1C=CC(N2CCOc3cc(C(=O)N4CCCCCC4)cnc32)=C[I-]1. The molecule has 1 saturated heterocycles. The molecular formula is C23H31IN5O3-. The monoisotopic (exact) mass is 552 g/mol. The van der Waals surface area contributed by atoms with Crippen LogP contribution in [0.2, 0.25) is 0 Å². The number of halogens is 1. The van der Waals surface area contributed by atoms with E-state index in [0.717, 1.165) is 38.0 Å². The Morgan fingerprint density at radius 3 is 2.69 bits per heavy atom. The molecule has 1 aromatic heterocycles. The van der Waals surface area contributed by atoms with Gasteiger partial charge in [-0.05, 0) is 0 Å². The Morgan fingerprint density at radius 1 is 1.22 bits per heavy atom. The molecule has 0 spiro atoms. The van der Waals surface area contributed by atoms with Crippen LogP contribution in [0.4, 0.5) is 5.82 Å². The van der Waals surface area contributed by atoms with Gasteiger partial charge in [0.1, 0.15) is 0 Å². The van der Waals surface area contributed by atoms with Crippen LogP contribution in [0.5, 0.6) is 5.75 Å². The standard InChI is InChI=1S/C23H31IN5O3/c1-2-7-19(25)23(31)29-11-8-18(15-24-29)28-12-13-32-20-14-17(16-26-21(20)28)22(30)27-9-5-3-4-6-10-27/h8,11,14-16,19H,2-7,9-10,12-13,25H2,1H3/q-1. The van der Waals surface area contributed by atoms with E-state index in [2.05, 4.69) is 14.0 Å². The summed E-state index contributed by atoms with van der Waals surface area (Å²) in [4.78, 5) is 34.1. The number of fused-ring (bicyclic) bond motifs is 1. The number of amides is 2. The second kappa shape index (κ2) is 10.7. The molecule has 4 heterocycles. The number of allylic oxidation sites excluding steroid dienone is 1. The van der Waals surface area contributed by atoms with Gasteiger partial charge in [0.05, 0.1) is 0 Å². The van der Waals surface area contributed by atoms with Crippen molar-refractivity contribution >= 4 is 17.6 Å². The van der Waals surface area contributed by atoms with E-state index in [4.69, 9.17) is 10.5 Å². The van der Waals surface area contributed by atoms with Crippen molar-refractivity contribution < 1.29 is 35.8 Å². The summed E-state index contributed by atoms with van der Waals surface area (Å²) >= 11 is -0.639. The molecule has 4 rings (SSSR count). The van der Waals surface area contributed by atoms with Gasteiger partial charge in [0.2, 0.25) is 0 Å². The van der Waals surface area contributed by atoms with E-state index in [-0.39, 0.29) is 11.8 Å². The van der Waals surface area contributed by atoms with Gasteiger partial charge in [-0.2, -0.15) is 0 Å². The van der Waals surface area contributed by atoms with E-state index in [1.54, 1.807) is 9.31 Å². The van der Waals surface area contributed by atoms with E-state index in [9.17, 15) is 9.59 Å². The summed E-state index contributed by atoms with van der Waals surface area (Å²) in [5.74, 6) is 1.37. The van der Waals surface area contributed by atoms with Crippen molar-refractivity contribution in [1.82, 2.24) is 13.0 Å². The number of carbonyl (C=O) groups is 2. The zero-order chi connectivity index (χ0) is 22.5. The molecule has 3 aliphatic heterocycles. The van der Waals surface area contributed by atoms with Crippen molar-refractivity contribution in [1.29, 1.82) is 0 Å². The fourth-order valence-corrected chi connectivity index (χ4v) is 6.21. The Morgan fingerprint density at radius 2 is 2.00 bits per heavy atom. The summed E-state index contributed by atoms with van der Waals surface area (Å²) in [7, 11) is 0. The van der Waals surface area contributed by atoms with Gasteiger partial charge in [-0.3, -0.25) is 0 Å². The number of nitrogens with zero attached hydrogens (tertiary/aromatic N) is 4. The molecule has 0 radical (unpaired) electrons. The normalized spacial score (nSPS) is 19.8.